The summed E-state index contributed by atoms with van der Waals surface area (Å²) in [5, 5.41) is 0. The van der Waals surface area contributed by atoms with Gasteiger partial charge in [-0.25, -0.2) is 9.59 Å². The highest BCUT2D eigenvalue weighted by molar-refractivity contribution is 5.80. The Morgan fingerprint density at radius 3 is 2.35 bits per heavy atom. The highest BCUT2D eigenvalue weighted by Gasteiger charge is 2.38. The molecule has 1 saturated carbocycles. The standard InChI is InChI=1S/C14H22F2O4/c1-3-4-7-14(8-5-6-9-14)20-11(17)10-19-12(18)13(2,15)16/h3-10H2,1-2H3. The van der Waals surface area contributed by atoms with Crippen molar-refractivity contribution in [3.05, 3.63) is 0 Å². The summed E-state index contributed by atoms with van der Waals surface area (Å²) in [5.41, 5.74) is -0.492. The molecular weight excluding hydrogens is 270 g/mol. The van der Waals surface area contributed by atoms with Gasteiger partial charge >= 0.3 is 17.9 Å². The van der Waals surface area contributed by atoms with Crippen molar-refractivity contribution in [2.45, 2.75) is 70.3 Å². The number of halogens is 2. The molecule has 116 valence electrons. The van der Waals surface area contributed by atoms with Crippen LogP contribution in [0.3, 0.4) is 0 Å². The van der Waals surface area contributed by atoms with Crippen LogP contribution in [0.15, 0.2) is 0 Å². The monoisotopic (exact) mass is 292 g/mol. The van der Waals surface area contributed by atoms with Gasteiger partial charge in [-0.15, -0.1) is 0 Å². The fourth-order valence-corrected chi connectivity index (χ4v) is 2.44. The van der Waals surface area contributed by atoms with E-state index in [2.05, 4.69) is 11.7 Å². The van der Waals surface area contributed by atoms with Crippen LogP contribution in [-0.2, 0) is 19.1 Å². The Morgan fingerprint density at radius 2 is 1.85 bits per heavy atom. The lowest BCUT2D eigenvalue weighted by molar-refractivity contribution is -0.181. The lowest BCUT2D eigenvalue weighted by atomic mass is 9.95. The van der Waals surface area contributed by atoms with Gasteiger partial charge in [-0.3, -0.25) is 0 Å². The Bertz CT molecular complexity index is 344. The van der Waals surface area contributed by atoms with Crippen LogP contribution in [0.1, 0.15) is 58.8 Å². The van der Waals surface area contributed by atoms with Crippen molar-refractivity contribution >= 4 is 11.9 Å². The molecule has 4 nitrogen and oxygen atoms in total. The maximum atomic E-state index is 12.6. The van der Waals surface area contributed by atoms with Gasteiger partial charge < -0.3 is 9.47 Å². The number of hydrogen-bond donors (Lipinski definition) is 0. The minimum Gasteiger partial charge on any atom is -0.457 e. The molecule has 1 aliphatic carbocycles. The second-order valence-corrected chi connectivity index (χ2v) is 5.43. The molecule has 0 atom stereocenters. The van der Waals surface area contributed by atoms with Crippen molar-refractivity contribution in [3.63, 3.8) is 0 Å². The molecule has 1 aliphatic rings. The first-order chi connectivity index (χ1) is 9.29. The topological polar surface area (TPSA) is 52.6 Å². The van der Waals surface area contributed by atoms with E-state index in [0.717, 1.165) is 44.9 Å². The molecule has 20 heavy (non-hydrogen) atoms. The number of esters is 2. The number of carbonyl (C=O) groups is 2. The van der Waals surface area contributed by atoms with Crippen molar-refractivity contribution < 1.29 is 27.8 Å². The van der Waals surface area contributed by atoms with Crippen LogP contribution in [0.4, 0.5) is 8.78 Å². The lowest BCUT2D eigenvalue weighted by Gasteiger charge is -2.29. The van der Waals surface area contributed by atoms with E-state index >= 15 is 0 Å². The van der Waals surface area contributed by atoms with Gasteiger partial charge in [0.1, 0.15) is 5.60 Å². The average molecular weight is 292 g/mol. The quantitative estimate of drug-likeness (QED) is 0.676. The first-order valence-electron chi connectivity index (χ1n) is 7.06. The summed E-state index contributed by atoms with van der Waals surface area (Å²) in [5.74, 6) is -6.04. The molecule has 0 aromatic carbocycles. The van der Waals surface area contributed by atoms with Crippen LogP contribution in [-0.4, -0.2) is 30.1 Å². The zero-order valence-electron chi connectivity index (χ0n) is 12.0. The lowest BCUT2D eigenvalue weighted by Crippen LogP contribution is -2.35. The van der Waals surface area contributed by atoms with E-state index in [1.54, 1.807) is 0 Å². The van der Waals surface area contributed by atoms with Crippen LogP contribution in [0.2, 0.25) is 0 Å². The number of hydrogen-bond acceptors (Lipinski definition) is 4. The molecule has 0 amide bonds. The van der Waals surface area contributed by atoms with Crippen molar-refractivity contribution in [3.8, 4) is 0 Å². The molecule has 0 unspecified atom stereocenters. The van der Waals surface area contributed by atoms with E-state index in [0.29, 0.717) is 6.92 Å². The normalized spacial score (nSPS) is 17.8. The predicted octanol–water partition coefficient (Wildman–Crippen LogP) is 3.23. The Morgan fingerprint density at radius 1 is 1.25 bits per heavy atom. The third-order valence-electron chi connectivity index (χ3n) is 3.51. The minimum absolute atomic E-state index is 0.431. The largest absolute Gasteiger partial charge is 0.457 e. The van der Waals surface area contributed by atoms with Crippen molar-refractivity contribution in [2.24, 2.45) is 0 Å². The Balaban J connectivity index is 2.45. The van der Waals surface area contributed by atoms with Crippen LogP contribution in [0, 0.1) is 0 Å². The van der Waals surface area contributed by atoms with Crippen LogP contribution >= 0.6 is 0 Å². The fraction of sp³-hybridized carbons (Fsp3) is 0.857. The molecule has 0 aliphatic heterocycles. The summed E-state index contributed by atoms with van der Waals surface area (Å²) in [6, 6.07) is 0. The molecule has 0 bridgehead atoms. The highest BCUT2D eigenvalue weighted by atomic mass is 19.3. The van der Waals surface area contributed by atoms with Crippen molar-refractivity contribution in [2.75, 3.05) is 6.61 Å². The molecule has 0 saturated heterocycles. The summed E-state index contributed by atoms with van der Waals surface area (Å²) in [6.07, 6.45) is 6.27. The Kier molecular flexibility index (Phi) is 5.89. The number of ether oxygens (including phenoxy) is 2. The molecule has 0 aromatic rings. The van der Waals surface area contributed by atoms with Gasteiger partial charge in [0.2, 0.25) is 0 Å². The van der Waals surface area contributed by atoms with Gasteiger partial charge in [-0.05, 0) is 38.5 Å². The first kappa shape index (κ1) is 16.9. The van der Waals surface area contributed by atoms with Gasteiger partial charge in [0.15, 0.2) is 6.61 Å². The van der Waals surface area contributed by atoms with E-state index in [9.17, 15) is 18.4 Å². The third kappa shape index (κ3) is 5.06. The van der Waals surface area contributed by atoms with Crippen LogP contribution in [0.5, 0.6) is 0 Å². The molecule has 0 N–H and O–H groups in total. The fourth-order valence-electron chi connectivity index (χ4n) is 2.44. The van der Waals surface area contributed by atoms with Crippen LogP contribution in [0.25, 0.3) is 0 Å². The number of alkyl halides is 2. The summed E-state index contributed by atoms with van der Waals surface area (Å²) in [6.45, 7) is 1.73. The van der Waals surface area contributed by atoms with E-state index < -0.39 is 30.1 Å². The van der Waals surface area contributed by atoms with Crippen molar-refractivity contribution in [1.29, 1.82) is 0 Å². The number of carbonyl (C=O) groups excluding carboxylic acids is 2. The molecule has 0 spiro atoms. The van der Waals surface area contributed by atoms with E-state index in [-0.39, 0.29) is 0 Å². The average Bonchev–Trinajstić information content (AvgIpc) is 2.81. The van der Waals surface area contributed by atoms with E-state index in [1.807, 2.05) is 0 Å². The van der Waals surface area contributed by atoms with Gasteiger partial charge in [0, 0.05) is 6.92 Å². The zero-order chi connectivity index (χ0) is 15.2. The maximum absolute atomic E-state index is 12.6. The number of unbranched alkanes of at least 4 members (excludes halogenated alkanes) is 1. The number of rotatable bonds is 7. The van der Waals surface area contributed by atoms with Gasteiger partial charge in [0.05, 0.1) is 0 Å². The minimum atomic E-state index is -3.59. The van der Waals surface area contributed by atoms with Crippen molar-refractivity contribution in [1.82, 2.24) is 0 Å². The summed E-state index contributed by atoms with van der Waals surface area (Å²) >= 11 is 0. The SMILES string of the molecule is CCCCC1(OC(=O)COC(=O)C(C)(F)F)CCCC1. The highest BCUT2D eigenvalue weighted by Crippen LogP contribution is 2.37. The summed E-state index contributed by atoms with van der Waals surface area (Å²) in [4.78, 5) is 22.5. The Labute approximate surface area is 117 Å². The Hall–Kier alpha value is -1.20. The smallest absolute Gasteiger partial charge is 0.377 e. The zero-order valence-corrected chi connectivity index (χ0v) is 12.0. The van der Waals surface area contributed by atoms with Gasteiger partial charge in [-0.1, -0.05) is 13.3 Å². The summed E-state index contributed by atoms with van der Waals surface area (Å²) in [7, 11) is 0. The predicted molar refractivity (Wildman–Crippen MR) is 68.4 cm³/mol. The summed E-state index contributed by atoms with van der Waals surface area (Å²) < 4.78 is 34.8. The van der Waals surface area contributed by atoms with Crippen LogP contribution < -0.4 is 0 Å². The molecule has 1 fully saturated rings. The third-order valence-corrected chi connectivity index (χ3v) is 3.51. The molecular formula is C14H22F2O4. The van der Waals surface area contributed by atoms with Gasteiger partial charge in [-0.2, -0.15) is 8.78 Å². The second-order valence-electron chi connectivity index (χ2n) is 5.43. The molecule has 0 radical (unpaired) electrons. The van der Waals surface area contributed by atoms with E-state index in [1.165, 1.54) is 0 Å². The molecule has 1 rings (SSSR count). The van der Waals surface area contributed by atoms with Gasteiger partial charge in [0.25, 0.3) is 0 Å². The maximum Gasteiger partial charge on any atom is 0.377 e. The molecule has 0 heterocycles. The molecule has 0 aromatic heterocycles. The molecule has 6 heteroatoms. The second kappa shape index (κ2) is 6.99. The van der Waals surface area contributed by atoms with E-state index in [4.69, 9.17) is 4.74 Å². The first-order valence-corrected chi connectivity index (χ1v) is 7.06.